The topological polar surface area (TPSA) is 58.9 Å². The SMILES string of the molecule is Cc1ccc(N=Cc2cc(Br)c(OCC(=O)O)c(Br)c2)cc1. The van der Waals surface area contributed by atoms with Crippen molar-refractivity contribution < 1.29 is 14.6 Å². The van der Waals surface area contributed by atoms with Crippen molar-refractivity contribution >= 4 is 49.7 Å². The highest BCUT2D eigenvalue weighted by atomic mass is 79.9. The van der Waals surface area contributed by atoms with Crippen LogP contribution in [-0.2, 0) is 4.79 Å². The number of aliphatic imine (C=N–C) groups is 1. The van der Waals surface area contributed by atoms with Crippen molar-refractivity contribution in [3.8, 4) is 5.75 Å². The second kappa shape index (κ2) is 7.56. The second-order valence-electron chi connectivity index (χ2n) is 4.59. The van der Waals surface area contributed by atoms with E-state index in [-0.39, 0.29) is 0 Å². The summed E-state index contributed by atoms with van der Waals surface area (Å²) in [5.41, 5.74) is 2.91. The highest BCUT2D eigenvalue weighted by Gasteiger charge is 2.10. The van der Waals surface area contributed by atoms with Crippen LogP contribution in [0.15, 0.2) is 50.3 Å². The first-order valence-electron chi connectivity index (χ1n) is 6.40. The molecule has 22 heavy (non-hydrogen) atoms. The molecule has 0 saturated heterocycles. The smallest absolute Gasteiger partial charge is 0.341 e. The van der Waals surface area contributed by atoms with Gasteiger partial charge in [0.1, 0.15) is 5.75 Å². The minimum absolute atomic E-state index is 0.395. The molecule has 0 amide bonds. The molecule has 2 aromatic carbocycles. The molecule has 114 valence electrons. The van der Waals surface area contributed by atoms with Gasteiger partial charge in [0, 0.05) is 6.21 Å². The Morgan fingerprint density at radius 1 is 1.23 bits per heavy atom. The number of aliphatic carboxylic acids is 1. The molecule has 0 bridgehead atoms. The summed E-state index contributed by atoms with van der Waals surface area (Å²) in [6.45, 7) is 1.63. The summed E-state index contributed by atoms with van der Waals surface area (Å²) in [7, 11) is 0. The Morgan fingerprint density at radius 3 is 2.36 bits per heavy atom. The van der Waals surface area contributed by atoms with Crippen LogP contribution < -0.4 is 4.74 Å². The standard InChI is InChI=1S/C16H13Br2NO3/c1-10-2-4-12(5-3-10)19-8-11-6-13(17)16(14(18)7-11)22-9-15(20)21/h2-8H,9H2,1H3,(H,20,21). The van der Waals surface area contributed by atoms with E-state index in [9.17, 15) is 4.79 Å². The van der Waals surface area contributed by atoms with Gasteiger partial charge in [0.25, 0.3) is 0 Å². The first-order chi connectivity index (χ1) is 10.5. The average Bonchev–Trinajstić information content (AvgIpc) is 2.45. The van der Waals surface area contributed by atoms with Gasteiger partial charge in [0.2, 0.25) is 0 Å². The molecule has 0 unspecified atom stereocenters. The fourth-order valence-corrected chi connectivity index (χ4v) is 3.16. The Bertz CT molecular complexity index is 689. The van der Waals surface area contributed by atoms with E-state index in [4.69, 9.17) is 9.84 Å². The number of carboxylic acids is 1. The lowest BCUT2D eigenvalue weighted by molar-refractivity contribution is -0.139. The Kier molecular flexibility index (Phi) is 5.74. The predicted molar refractivity (Wildman–Crippen MR) is 93.4 cm³/mol. The summed E-state index contributed by atoms with van der Waals surface area (Å²) in [6.07, 6.45) is 1.74. The van der Waals surface area contributed by atoms with Crippen LogP contribution in [0.3, 0.4) is 0 Å². The molecule has 0 heterocycles. The third kappa shape index (κ3) is 4.68. The van der Waals surface area contributed by atoms with Crippen molar-refractivity contribution in [1.29, 1.82) is 0 Å². The molecule has 0 saturated carbocycles. The summed E-state index contributed by atoms with van der Waals surface area (Å²) < 4.78 is 6.54. The highest BCUT2D eigenvalue weighted by molar-refractivity contribution is 9.11. The zero-order valence-corrected chi connectivity index (χ0v) is 14.9. The molecule has 0 aliphatic heterocycles. The summed E-state index contributed by atoms with van der Waals surface area (Å²) in [6, 6.07) is 11.5. The minimum atomic E-state index is -1.02. The van der Waals surface area contributed by atoms with Crippen LogP contribution in [-0.4, -0.2) is 23.9 Å². The van der Waals surface area contributed by atoms with Gasteiger partial charge in [-0.3, -0.25) is 4.99 Å². The van der Waals surface area contributed by atoms with Gasteiger partial charge in [0.05, 0.1) is 14.6 Å². The lowest BCUT2D eigenvalue weighted by atomic mass is 10.2. The molecular formula is C16H13Br2NO3. The molecule has 6 heteroatoms. The van der Waals surface area contributed by atoms with Crippen LogP contribution in [0.4, 0.5) is 5.69 Å². The average molecular weight is 427 g/mol. The Labute approximate surface area is 145 Å². The molecule has 2 aromatic rings. The Balaban J connectivity index is 2.19. The van der Waals surface area contributed by atoms with Gasteiger partial charge in [-0.2, -0.15) is 0 Å². The van der Waals surface area contributed by atoms with E-state index >= 15 is 0 Å². The number of nitrogens with zero attached hydrogens (tertiary/aromatic N) is 1. The molecule has 4 nitrogen and oxygen atoms in total. The molecule has 2 rings (SSSR count). The maximum absolute atomic E-state index is 10.6. The maximum Gasteiger partial charge on any atom is 0.341 e. The normalized spacial score (nSPS) is 10.9. The van der Waals surface area contributed by atoms with E-state index in [1.165, 1.54) is 5.56 Å². The lowest BCUT2D eigenvalue weighted by Crippen LogP contribution is -2.10. The molecule has 1 N–H and O–H groups in total. The molecule has 0 aromatic heterocycles. The largest absolute Gasteiger partial charge is 0.480 e. The number of benzene rings is 2. The Morgan fingerprint density at radius 2 is 1.82 bits per heavy atom. The van der Waals surface area contributed by atoms with Crippen molar-refractivity contribution in [3.05, 3.63) is 56.5 Å². The molecular weight excluding hydrogens is 414 g/mol. The number of rotatable bonds is 5. The lowest BCUT2D eigenvalue weighted by Gasteiger charge is -2.09. The van der Waals surface area contributed by atoms with Crippen LogP contribution >= 0.6 is 31.9 Å². The van der Waals surface area contributed by atoms with E-state index in [1.54, 1.807) is 6.21 Å². The monoisotopic (exact) mass is 425 g/mol. The van der Waals surface area contributed by atoms with Crippen molar-refractivity contribution in [2.45, 2.75) is 6.92 Å². The van der Waals surface area contributed by atoms with Crippen molar-refractivity contribution in [3.63, 3.8) is 0 Å². The maximum atomic E-state index is 10.6. The van der Waals surface area contributed by atoms with Crippen molar-refractivity contribution in [1.82, 2.24) is 0 Å². The predicted octanol–water partition coefficient (Wildman–Crippen LogP) is 4.73. The number of halogens is 2. The van der Waals surface area contributed by atoms with Crippen molar-refractivity contribution in [2.24, 2.45) is 4.99 Å². The molecule has 0 fully saturated rings. The van der Waals surface area contributed by atoms with Gasteiger partial charge in [0.15, 0.2) is 6.61 Å². The zero-order chi connectivity index (χ0) is 16.1. The molecule has 0 aliphatic carbocycles. The third-order valence-corrected chi connectivity index (χ3v) is 3.94. The number of hydrogen-bond donors (Lipinski definition) is 1. The summed E-state index contributed by atoms with van der Waals surface area (Å²) in [5, 5.41) is 8.66. The Hall–Kier alpha value is -1.66. The number of carbonyl (C=O) groups is 1. The van der Waals surface area contributed by atoms with E-state index in [0.29, 0.717) is 14.7 Å². The number of ether oxygens (including phenoxy) is 1. The quantitative estimate of drug-likeness (QED) is 0.702. The van der Waals surface area contributed by atoms with Gasteiger partial charge in [-0.1, -0.05) is 17.7 Å². The number of hydrogen-bond acceptors (Lipinski definition) is 3. The molecule has 0 radical (unpaired) electrons. The molecule has 0 aliphatic rings. The molecule has 0 atom stereocenters. The number of carboxylic acid groups (broad SMARTS) is 1. The number of aryl methyl sites for hydroxylation is 1. The fraction of sp³-hybridized carbons (Fsp3) is 0.125. The van der Waals surface area contributed by atoms with Gasteiger partial charge < -0.3 is 9.84 Å². The van der Waals surface area contributed by atoms with Gasteiger partial charge in [-0.15, -0.1) is 0 Å². The summed E-state index contributed by atoms with van der Waals surface area (Å²) in [5.74, 6) is -0.571. The minimum Gasteiger partial charge on any atom is -0.480 e. The third-order valence-electron chi connectivity index (χ3n) is 2.76. The van der Waals surface area contributed by atoms with Gasteiger partial charge in [-0.05, 0) is 68.6 Å². The van der Waals surface area contributed by atoms with E-state index in [2.05, 4.69) is 36.9 Å². The van der Waals surface area contributed by atoms with Crippen LogP contribution in [0.25, 0.3) is 0 Å². The summed E-state index contributed by atoms with van der Waals surface area (Å²) >= 11 is 6.75. The van der Waals surface area contributed by atoms with Crippen LogP contribution in [0.1, 0.15) is 11.1 Å². The molecule has 0 spiro atoms. The fourth-order valence-electron chi connectivity index (χ4n) is 1.71. The van der Waals surface area contributed by atoms with Crippen molar-refractivity contribution in [2.75, 3.05) is 6.61 Å². The van der Waals surface area contributed by atoms with Crippen LogP contribution in [0.5, 0.6) is 5.75 Å². The first kappa shape index (κ1) is 16.7. The van der Waals surface area contributed by atoms with Gasteiger partial charge in [-0.25, -0.2) is 4.79 Å². The van der Waals surface area contributed by atoms with E-state index in [1.807, 2.05) is 43.3 Å². The van der Waals surface area contributed by atoms with Crippen LogP contribution in [0, 0.1) is 6.92 Å². The van der Waals surface area contributed by atoms with Gasteiger partial charge >= 0.3 is 5.97 Å². The van der Waals surface area contributed by atoms with E-state index < -0.39 is 12.6 Å². The second-order valence-corrected chi connectivity index (χ2v) is 6.30. The first-order valence-corrected chi connectivity index (χ1v) is 7.98. The van der Waals surface area contributed by atoms with Crippen LogP contribution in [0.2, 0.25) is 0 Å². The van der Waals surface area contributed by atoms with E-state index in [0.717, 1.165) is 11.3 Å². The summed E-state index contributed by atoms with van der Waals surface area (Å²) in [4.78, 5) is 15.0. The zero-order valence-electron chi connectivity index (χ0n) is 11.7. The highest BCUT2D eigenvalue weighted by Crippen LogP contribution is 2.34.